The lowest BCUT2D eigenvalue weighted by molar-refractivity contribution is 0.393. The molecule has 1 aliphatic carbocycles. The van der Waals surface area contributed by atoms with Crippen molar-refractivity contribution in [3.05, 3.63) is 46.5 Å². The second-order valence-electron chi connectivity index (χ2n) is 4.59. The molecule has 0 N–H and O–H groups in total. The van der Waals surface area contributed by atoms with Gasteiger partial charge in [-0.05, 0) is 55.9 Å². The Morgan fingerprint density at radius 3 is 2.67 bits per heavy atom. The van der Waals surface area contributed by atoms with E-state index in [1.165, 1.54) is 5.57 Å². The van der Waals surface area contributed by atoms with Gasteiger partial charge in [0.25, 0.3) is 0 Å². The third-order valence-electron chi connectivity index (χ3n) is 3.67. The van der Waals surface area contributed by atoms with Crippen LogP contribution in [0.4, 0.5) is 0 Å². The number of aliphatic imine (C=N–C) groups is 1. The number of nitrogens with zero attached hydrogens (tertiary/aromatic N) is 1. The Morgan fingerprint density at radius 2 is 2.06 bits per heavy atom. The molecule has 1 aliphatic rings. The van der Waals surface area contributed by atoms with Gasteiger partial charge in [0.2, 0.25) is 6.08 Å². The average molecular weight is 262 g/mol. The predicted octanol–water partition coefficient (Wildman–Crippen LogP) is 4.39. The minimum absolute atomic E-state index is 0.515. The first-order valence-electron chi connectivity index (χ1n) is 6.23. The van der Waals surface area contributed by atoms with E-state index in [2.05, 4.69) is 11.1 Å². The highest BCUT2D eigenvalue weighted by atomic mass is 35.5. The fourth-order valence-electron chi connectivity index (χ4n) is 2.77. The summed E-state index contributed by atoms with van der Waals surface area (Å²) in [5.41, 5.74) is 1.72. The molecule has 0 aromatic heterocycles. The van der Waals surface area contributed by atoms with Crippen LogP contribution in [0.5, 0.6) is 0 Å². The summed E-state index contributed by atoms with van der Waals surface area (Å²) in [6, 6.07) is 7.61. The highest BCUT2D eigenvalue weighted by Crippen LogP contribution is 2.44. The first-order chi connectivity index (χ1) is 8.73. The van der Waals surface area contributed by atoms with Gasteiger partial charge in [-0.15, -0.1) is 0 Å². The van der Waals surface area contributed by atoms with Crippen molar-refractivity contribution in [2.24, 2.45) is 4.99 Å². The van der Waals surface area contributed by atoms with E-state index in [0.29, 0.717) is 5.02 Å². The number of rotatable bonds is 2. The fourth-order valence-corrected chi connectivity index (χ4v) is 2.90. The van der Waals surface area contributed by atoms with Crippen LogP contribution in [0, 0.1) is 0 Å². The Labute approximate surface area is 112 Å². The summed E-state index contributed by atoms with van der Waals surface area (Å²) >= 11 is 5.92. The molecule has 1 aromatic rings. The van der Waals surface area contributed by atoms with Crippen LogP contribution in [-0.2, 0) is 10.3 Å². The van der Waals surface area contributed by atoms with E-state index in [1.807, 2.05) is 31.2 Å². The van der Waals surface area contributed by atoms with Crippen LogP contribution in [0.1, 0.15) is 38.2 Å². The molecule has 0 saturated heterocycles. The van der Waals surface area contributed by atoms with Crippen molar-refractivity contribution in [2.45, 2.75) is 38.1 Å². The van der Waals surface area contributed by atoms with Gasteiger partial charge in [0, 0.05) is 5.02 Å². The molecule has 18 heavy (non-hydrogen) atoms. The molecule has 1 fully saturated rings. The van der Waals surface area contributed by atoms with Gasteiger partial charge in [-0.3, -0.25) is 0 Å². The lowest BCUT2D eigenvalue weighted by Gasteiger charge is -2.35. The summed E-state index contributed by atoms with van der Waals surface area (Å²) in [6.45, 7) is 2.01. The van der Waals surface area contributed by atoms with Crippen molar-refractivity contribution < 1.29 is 4.79 Å². The summed E-state index contributed by atoms with van der Waals surface area (Å²) in [5, 5.41) is 0.696. The zero-order valence-corrected chi connectivity index (χ0v) is 11.2. The van der Waals surface area contributed by atoms with Crippen LogP contribution in [0.25, 0.3) is 0 Å². The third-order valence-corrected chi connectivity index (χ3v) is 3.92. The summed E-state index contributed by atoms with van der Waals surface area (Å²) in [4.78, 5) is 15.0. The Balaban J connectivity index is 2.55. The van der Waals surface area contributed by atoms with Gasteiger partial charge in [0.1, 0.15) is 5.54 Å². The number of carbonyl (C=O) groups excluding carboxylic acids is 1. The number of hydrogen-bond acceptors (Lipinski definition) is 2. The normalized spacial score (nSPS) is 25.8. The average Bonchev–Trinajstić information content (AvgIpc) is 2.40. The molecule has 0 amide bonds. The Kier molecular flexibility index (Phi) is 4.00. The topological polar surface area (TPSA) is 29.4 Å². The van der Waals surface area contributed by atoms with Crippen LogP contribution < -0.4 is 0 Å². The van der Waals surface area contributed by atoms with Crippen molar-refractivity contribution in [2.75, 3.05) is 0 Å². The van der Waals surface area contributed by atoms with Gasteiger partial charge in [-0.25, -0.2) is 4.79 Å². The monoisotopic (exact) mass is 261 g/mol. The zero-order chi connectivity index (χ0) is 13.0. The maximum Gasteiger partial charge on any atom is 0.236 e. The number of benzene rings is 1. The maximum atomic E-state index is 10.8. The lowest BCUT2D eigenvalue weighted by atomic mass is 9.73. The largest absolute Gasteiger partial charge is 0.236 e. The van der Waals surface area contributed by atoms with Crippen LogP contribution >= 0.6 is 11.6 Å². The second-order valence-corrected chi connectivity index (χ2v) is 5.03. The van der Waals surface area contributed by atoms with Crippen LogP contribution in [0.15, 0.2) is 40.9 Å². The van der Waals surface area contributed by atoms with Crippen molar-refractivity contribution in [1.29, 1.82) is 0 Å². The molecule has 1 saturated carbocycles. The molecular weight excluding hydrogens is 246 g/mol. The molecule has 2 nitrogen and oxygen atoms in total. The van der Waals surface area contributed by atoms with E-state index >= 15 is 0 Å². The van der Waals surface area contributed by atoms with Gasteiger partial charge in [-0.2, -0.15) is 4.99 Å². The Morgan fingerprint density at radius 1 is 1.33 bits per heavy atom. The molecular formula is C15H16ClNO. The van der Waals surface area contributed by atoms with Gasteiger partial charge < -0.3 is 0 Å². The second kappa shape index (κ2) is 5.51. The van der Waals surface area contributed by atoms with E-state index in [-0.39, 0.29) is 0 Å². The molecule has 1 atom stereocenters. The lowest BCUT2D eigenvalue weighted by Crippen LogP contribution is -2.29. The highest BCUT2D eigenvalue weighted by molar-refractivity contribution is 6.30. The minimum Gasteiger partial charge on any atom is -0.211 e. The maximum absolute atomic E-state index is 10.8. The first kappa shape index (κ1) is 13.1. The molecule has 0 spiro atoms. The predicted molar refractivity (Wildman–Crippen MR) is 73.5 cm³/mol. The SMILES string of the molecule is C/C=C1\CCCC[C@]1(N=C=O)c1ccc(Cl)cc1. The molecule has 0 unspecified atom stereocenters. The summed E-state index contributed by atoms with van der Waals surface area (Å²) in [5.74, 6) is 0. The van der Waals surface area contributed by atoms with E-state index in [9.17, 15) is 4.79 Å². The number of hydrogen-bond donors (Lipinski definition) is 0. The fraction of sp³-hybridized carbons (Fsp3) is 0.400. The van der Waals surface area contributed by atoms with Crippen molar-refractivity contribution >= 4 is 17.7 Å². The smallest absolute Gasteiger partial charge is 0.211 e. The van der Waals surface area contributed by atoms with Crippen molar-refractivity contribution in [1.82, 2.24) is 0 Å². The first-order valence-corrected chi connectivity index (χ1v) is 6.61. The Bertz CT molecular complexity index is 500. The van der Waals surface area contributed by atoms with Crippen molar-refractivity contribution in [3.63, 3.8) is 0 Å². The van der Waals surface area contributed by atoms with Crippen LogP contribution in [-0.4, -0.2) is 6.08 Å². The number of allylic oxidation sites excluding steroid dienone is 1. The molecule has 1 aromatic carbocycles. The molecule has 2 rings (SSSR count). The highest BCUT2D eigenvalue weighted by Gasteiger charge is 2.37. The molecule has 0 radical (unpaired) electrons. The van der Waals surface area contributed by atoms with E-state index in [0.717, 1.165) is 31.2 Å². The van der Waals surface area contributed by atoms with Crippen molar-refractivity contribution in [3.8, 4) is 0 Å². The van der Waals surface area contributed by atoms with Gasteiger partial charge in [-0.1, -0.05) is 29.8 Å². The molecule has 94 valence electrons. The van der Waals surface area contributed by atoms with Gasteiger partial charge >= 0.3 is 0 Å². The van der Waals surface area contributed by atoms with E-state index in [1.54, 1.807) is 6.08 Å². The molecule has 3 heteroatoms. The van der Waals surface area contributed by atoms with E-state index in [4.69, 9.17) is 11.6 Å². The summed E-state index contributed by atoms with van der Waals surface area (Å²) in [6.07, 6.45) is 7.92. The number of halogens is 1. The third kappa shape index (κ3) is 2.27. The quantitative estimate of drug-likeness (QED) is 0.441. The van der Waals surface area contributed by atoms with Gasteiger partial charge in [0.05, 0.1) is 0 Å². The standard InChI is InChI=1S/C15H16ClNO/c1-2-12-5-3-4-10-15(12,17-11-18)13-6-8-14(16)9-7-13/h2,6-9H,3-5,10H2,1H3/b12-2+/t15-/m1/s1. The van der Waals surface area contributed by atoms with Gasteiger partial charge in [0.15, 0.2) is 0 Å². The summed E-state index contributed by atoms with van der Waals surface area (Å²) < 4.78 is 0. The van der Waals surface area contributed by atoms with E-state index < -0.39 is 5.54 Å². The minimum atomic E-state index is -0.515. The molecule has 0 bridgehead atoms. The summed E-state index contributed by atoms with van der Waals surface area (Å²) in [7, 11) is 0. The number of isocyanates is 1. The molecule has 0 aliphatic heterocycles. The zero-order valence-electron chi connectivity index (χ0n) is 10.4. The van der Waals surface area contributed by atoms with Crippen LogP contribution in [0.3, 0.4) is 0 Å². The van der Waals surface area contributed by atoms with Crippen LogP contribution in [0.2, 0.25) is 5.02 Å². The molecule has 0 heterocycles. The Hall–Kier alpha value is -1.37.